The Morgan fingerprint density at radius 3 is 2.68 bits per heavy atom. The summed E-state index contributed by atoms with van der Waals surface area (Å²) in [6.45, 7) is 7.26. The molecule has 2 atom stereocenters. The van der Waals surface area contributed by atoms with Crippen LogP contribution in [0.5, 0.6) is 0 Å². The van der Waals surface area contributed by atoms with Crippen molar-refractivity contribution in [1.29, 1.82) is 0 Å². The molecule has 2 unspecified atom stereocenters. The van der Waals surface area contributed by atoms with Crippen LogP contribution in [0.2, 0.25) is 0 Å². The SMILES string of the molecule is CCC1(C)NC(=O)C(C)N(CCOCC2CC2)C1=O. The zero-order valence-electron chi connectivity index (χ0n) is 12.1. The van der Waals surface area contributed by atoms with Gasteiger partial charge in [-0.3, -0.25) is 9.59 Å². The summed E-state index contributed by atoms with van der Waals surface area (Å²) in [4.78, 5) is 26.0. The van der Waals surface area contributed by atoms with Crippen molar-refractivity contribution in [3.8, 4) is 0 Å². The topological polar surface area (TPSA) is 58.6 Å². The number of carbonyl (C=O) groups excluding carboxylic acids is 2. The standard InChI is InChI=1S/C14H24N2O3/c1-4-14(3)13(18)16(10(2)12(17)15-14)7-8-19-9-11-5-6-11/h10-11H,4-9H2,1-3H3,(H,15,17). The number of carbonyl (C=O) groups is 2. The van der Waals surface area contributed by atoms with Crippen LogP contribution in [0.15, 0.2) is 0 Å². The highest BCUT2D eigenvalue weighted by atomic mass is 16.5. The summed E-state index contributed by atoms with van der Waals surface area (Å²) in [5.41, 5.74) is -0.764. The Morgan fingerprint density at radius 2 is 2.11 bits per heavy atom. The largest absolute Gasteiger partial charge is 0.379 e. The van der Waals surface area contributed by atoms with Crippen LogP contribution < -0.4 is 5.32 Å². The van der Waals surface area contributed by atoms with Crippen LogP contribution in [0.3, 0.4) is 0 Å². The summed E-state index contributed by atoms with van der Waals surface area (Å²) < 4.78 is 5.57. The van der Waals surface area contributed by atoms with Crippen molar-refractivity contribution in [1.82, 2.24) is 10.2 Å². The van der Waals surface area contributed by atoms with E-state index in [-0.39, 0.29) is 11.8 Å². The third kappa shape index (κ3) is 3.08. The third-order valence-electron chi connectivity index (χ3n) is 4.21. The van der Waals surface area contributed by atoms with Crippen LogP contribution in [0.1, 0.15) is 40.0 Å². The van der Waals surface area contributed by atoms with Gasteiger partial charge in [-0.1, -0.05) is 6.92 Å². The number of nitrogens with zero attached hydrogens (tertiary/aromatic N) is 1. The zero-order chi connectivity index (χ0) is 14.0. The molecular formula is C14H24N2O3. The summed E-state index contributed by atoms with van der Waals surface area (Å²) in [7, 11) is 0. The molecule has 0 aromatic rings. The molecule has 1 N–H and O–H groups in total. The lowest BCUT2D eigenvalue weighted by molar-refractivity contribution is -0.154. The summed E-state index contributed by atoms with van der Waals surface area (Å²) in [5.74, 6) is 0.641. The fourth-order valence-electron chi connectivity index (χ4n) is 2.30. The smallest absolute Gasteiger partial charge is 0.248 e. The van der Waals surface area contributed by atoms with Gasteiger partial charge in [-0.05, 0) is 39.0 Å². The van der Waals surface area contributed by atoms with Crippen molar-refractivity contribution in [2.45, 2.75) is 51.6 Å². The highest BCUT2D eigenvalue weighted by Gasteiger charge is 2.45. The molecule has 0 aromatic heterocycles. The van der Waals surface area contributed by atoms with Crippen molar-refractivity contribution in [3.05, 3.63) is 0 Å². The quantitative estimate of drug-likeness (QED) is 0.729. The van der Waals surface area contributed by atoms with E-state index < -0.39 is 11.6 Å². The van der Waals surface area contributed by atoms with E-state index >= 15 is 0 Å². The molecule has 2 amide bonds. The Morgan fingerprint density at radius 1 is 1.42 bits per heavy atom. The van der Waals surface area contributed by atoms with Crippen LogP contribution in [-0.2, 0) is 14.3 Å². The maximum Gasteiger partial charge on any atom is 0.248 e. The molecule has 1 aliphatic carbocycles. The van der Waals surface area contributed by atoms with E-state index in [4.69, 9.17) is 4.74 Å². The molecule has 1 heterocycles. The van der Waals surface area contributed by atoms with Gasteiger partial charge in [0.25, 0.3) is 0 Å². The molecule has 1 aliphatic heterocycles. The van der Waals surface area contributed by atoms with E-state index in [0.717, 1.165) is 12.5 Å². The Balaban J connectivity index is 1.90. The Kier molecular flexibility index (Phi) is 4.13. The van der Waals surface area contributed by atoms with E-state index in [1.54, 1.807) is 18.7 Å². The van der Waals surface area contributed by atoms with E-state index in [9.17, 15) is 9.59 Å². The first-order valence-electron chi connectivity index (χ1n) is 7.19. The molecule has 5 nitrogen and oxygen atoms in total. The van der Waals surface area contributed by atoms with Gasteiger partial charge >= 0.3 is 0 Å². The molecule has 108 valence electrons. The van der Waals surface area contributed by atoms with Crippen molar-refractivity contribution in [2.75, 3.05) is 19.8 Å². The molecule has 19 heavy (non-hydrogen) atoms. The first-order chi connectivity index (χ1) is 8.98. The third-order valence-corrected chi connectivity index (χ3v) is 4.21. The molecule has 0 aromatic carbocycles. The molecule has 0 radical (unpaired) electrons. The van der Waals surface area contributed by atoms with Gasteiger partial charge in [0.15, 0.2) is 0 Å². The average Bonchev–Trinajstić information content (AvgIpc) is 3.20. The van der Waals surface area contributed by atoms with Crippen molar-refractivity contribution >= 4 is 11.8 Å². The maximum atomic E-state index is 12.4. The highest BCUT2D eigenvalue weighted by Crippen LogP contribution is 2.28. The van der Waals surface area contributed by atoms with Gasteiger partial charge in [0, 0.05) is 13.2 Å². The molecular weight excluding hydrogens is 244 g/mol. The lowest BCUT2D eigenvalue weighted by Crippen LogP contribution is -2.68. The number of ether oxygens (including phenoxy) is 1. The summed E-state index contributed by atoms with van der Waals surface area (Å²) >= 11 is 0. The van der Waals surface area contributed by atoms with Crippen LogP contribution in [0.4, 0.5) is 0 Å². The fraction of sp³-hybridized carbons (Fsp3) is 0.857. The Hall–Kier alpha value is -1.10. The van der Waals surface area contributed by atoms with Gasteiger partial charge in [0.2, 0.25) is 11.8 Å². The summed E-state index contributed by atoms with van der Waals surface area (Å²) in [6, 6.07) is -0.406. The number of hydrogen-bond donors (Lipinski definition) is 1. The minimum atomic E-state index is -0.764. The van der Waals surface area contributed by atoms with Gasteiger partial charge < -0.3 is 15.0 Å². The van der Waals surface area contributed by atoms with Crippen LogP contribution in [0, 0.1) is 5.92 Å². The molecule has 2 fully saturated rings. The van der Waals surface area contributed by atoms with Gasteiger partial charge in [-0.25, -0.2) is 0 Å². The maximum absolute atomic E-state index is 12.4. The van der Waals surface area contributed by atoms with E-state index in [1.165, 1.54) is 12.8 Å². The minimum absolute atomic E-state index is 0.00266. The van der Waals surface area contributed by atoms with Crippen LogP contribution in [-0.4, -0.2) is 48.1 Å². The summed E-state index contributed by atoms with van der Waals surface area (Å²) in [5, 5.41) is 2.82. The zero-order valence-corrected chi connectivity index (χ0v) is 12.1. The number of nitrogens with one attached hydrogen (secondary N) is 1. The first kappa shape index (κ1) is 14.3. The predicted molar refractivity (Wildman–Crippen MR) is 71.6 cm³/mol. The summed E-state index contributed by atoms with van der Waals surface area (Å²) in [6.07, 6.45) is 3.12. The second kappa shape index (κ2) is 5.49. The lowest BCUT2D eigenvalue weighted by atomic mass is 9.92. The van der Waals surface area contributed by atoms with Gasteiger partial charge in [0.05, 0.1) is 6.61 Å². The highest BCUT2D eigenvalue weighted by molar-refractivity contribution is 5.99. The van der Waals surface area contributed by atoms with E-state index in [2.05, 4.69) is 5.32 Å². The molecule has 0 bridgehead atoms. The molecule has 5 heteroatoms. The number of hydrogen-bond acceptors (Lipinski definition) is 3. The second-order valence-corrected chi connectivity index (χ2v) is 5.87. The Labute approximate surface area is 114 Å². The molecule has 0 spiro atoms. The molecule has 2 aliphatic rings. The van der Waals surface area contributed by atoms with Gasteiger partial charge in [0.1, 0.15) is 11.6 Å². The normalized spacial score (nSPS) is 31.5. The van der Waals surface area contributed by atoms with Gasteiger partial charge in [-0.15, -0.1) is 0 Å². The minimum Gasteiger partial charge on any atom is -0.379 e. The van der Waals surface area contributed by atoms with Crippen LogP contribution >= 0.6 is 0 Å². The number of piperazine rings is 1. The molecule has 2 rings (SSSR count). The first-order valence-corrected chi connectivity index (χ1v) is 7.19. The Bertz CT molecular complexity index is 368. The van der Waals surface area contributed by atoms with E-state index in [1.807, 2.05) is 6.92 Å². The van der Waals surface area contributed by atoms with Crippen molar-refractivity contribution in [3.63, 3.8) is 0 Å². The molecule has 1 saturated carbocycles. The van der Waals surface area contributed by atoms with Crippen LogP contribution in [0.25, 0.3) is 0 Å². The van der Waals surface area contributed by atoms with Gasteiger partial charge in [-0.2, -0.15) is 0 Å². The van der Waals surface area contributed by atoms with Crippen molar-refractivity contribution in [2.24, 2.45) is 5.92 Å². The monoisotopic (exact) mass is 268 g/mol. The lowest BCUT2D eigenvalue weighted by Gasteiger charge is -2.42. The van der Waals surface area contributed by atoms with Crippen molar-refractivity contribution < 1.29 is 14.3 Å². The molecule has 1 saturated heterocycles. The average molecular weight is 268 g/mol. The van der Waals surface area contributed by atoms with E-state index in [0.29, 0.717) is 19.6 Å². The number of rotatable bonds is 6. The second-order valence-electron chi connectivity index (χ2n) is 5.87. The predicted octanol–water partition coefficient (Wildman–Crippen LogP) is 0.929. The number of amides is 2. The fourth-order valence-corrected chi connectivity index (χ4v) is 2.30.